The quantitative estimate of drug-likeness (QED) is 0.373. The average molecular weight is 259 g/mol. The molecule has 3 aromatic carbocycles. The predicted molar refractivity (Wildman–Crippen MR) is 84.3 cm³/mol. The summed E-state index contributed by atoms with van der Waals surface area (Å²) >= 11 is 0. The van der Waals surface area contributed by atoms with E-state index in [9.17, 15) is 4.79 Å². The lowest BCUT2D eigenvalue weighted by molar-refractivity contribution is 1.46. The molecule has 0 bridgehead atoms. The highest BCUT2D eigenvalue weighted by Gasteiger charge is 2.08. The molecule has 1 heterocycles. The van der Waals surface area contributed by atoms with Crippen LogP contribution >= 0.6 is 0 Å². The van der Waals surface area contributed by atoms with Crippen LogP contribution in [0.2, 0.25) is 0 Å². The first-order valence-corrected chi connectivity index (χ1v) is 6.69. The van der Waals surface area contributed by atoms with Crippen molar-refractivity contribution >= 4 is 32.6 Å². The highest BCUT2D eigenvalue weighted by atomic mass is 16.1. The molecule has 0 aliphatic carbocycles. The summed E-state index contributed by atoms with van der Waals surface area (Å²) in [4.78, 5) is 15.7. The second-order valence-electron chi connectivity index (χ2n) is 5.14. The van der Waals surface area contributed by atoms with Gasteiger partial charge in [0.15, 0.2) is 5.43 Å². The van der Waals surface area contributed by atoms with Crippen LogP contribution in [-0.2, 0) is 0 Å². The van der Waals surface area contributed by atoms with E-state index in [1.54, 1.807) is 6.07 Å². The standard InChI is InChI=1S/C18H13NO/c1-11-13-6-2-3-7-15(13)19-18-14(11)10-9-12-5-4-8-16(20)17(12)18/h2-10,19H,1H3. The highest BCUT2D eigenvalue weighted by Crippen LogP contribution is 2.28. The number of fused-ring (bicyclic) bond motifs is 4. The van der Waals surface area contributed by atoms with E-state index in [0.29, 0.717) is 0 Å². The molecule has 0 fully saturated rings. The number of H-pyrrole nitrogens is 1. The second-order valence-corrected chi connectivity index (χ2v) is 5.14. The van der Waals surface area contributed by atoms with Gasteiger partial charge in [0.1, 0.15) is 0 Å². The maximum Gasteiger partial charge on any atom is 0.188 e. The molecule has 0 amide bonds. The van der Waals surface area contributed by atoms with Gasteiger partial charge >= 0.3 is 0 Å². The second kappa shape index (κ2) is 3.94. The van der Waals surface area contributed by atoms with E-state index in [4.69, 9.17) is 0 Å². The molecule has 2 nitrogen and oxygen atoms in total. The highest BCUT2D eigenvalue weighted by molar-refractivity contribution is 6.10. The van der Waals surface area contributed by atoms with E-state index in [0.717, 1.165) is 27.2 Å². The van der Waals surface area contributed by atoms with Crippen LogP contribution in [0.1, 0.15) is 5.56 Å². The Hall–Kier alpha value is -2.61. The van der Waals surface area contributed by atoms with E-state index in [1.165, 1.54) is 10.9 Å². The van der Waals surface area contributed by atoms with Gasteiger partial charge in [0, 0.05) is 16.3 Å². The Kier molecular flexibility index (Phi) is 2.21. The van der Waals surface area contributed by atoms with Crippen LogP contribution in [0, 0.1) is 6.92 Å². The Balaban J connectivity index is 2.37. The fraction of sp³-hybridized carbons (Fsp3) is 0.0556. The van der Waals surface area contributed by atoms with E-state index in [1.807, 2.05) is 36.4 Å². The molecule has 20 heavy (non-hydrogen) atoms. The lowest BCUT2D eigenvalue weighted by Gasteiger charge is -2.10. The summed E-state index contributed by atoms with van der Waals surface area (Å²) < 4.78 is 0. The van der Waals surface area contributed by atoms with Gasteiger partial charge in [-0.2, -0.15) is 0 Å². The molecule has 96 valence electrons. The number of pyridine rings is 1. The molecule has 0 saturated heterocycles. The number of para-hydroxylation sites is 1. The Morgan fingerprint density at radius 2 is 1.70 bits per heavy atom. The number of hydrogen-bond donors (Lipinski definition) is 1. The fourth-order valence-electron chi connectivity index (χ4n) is 2.99. The summed E-state index contributed by atoms with van der Waals surface area (Å²) in [6.07, 6.45) is 0. The van der Waals surface area contributed by atoms with E-state index < -0.39 is 0 Å². The van der Waals surface area contributed by atoms with Crippen molar-refractivity contribution in [1.82, 2.24) is 4.98 Å². The van der Waals surface area contributed by atoms with E-state index in [-0.39, 0.29) is 5.43 Å². The van der Waals surface area contributed by atoms with Crippen molar-refractivity contribution in [1.29, 1.82) is 0 Å². The SMILES string of the molecule is Cc1c2ccccc2[nH]c2c1ccc1cccc(=O)c12. The van der Waals surface area contributed by atoms with Gasteiger partial charge < -0.3 is 4.98 Å². The summed E-state index contributed by atoms with van der Waals surface area (Å²) in [5, 5.41) is 4.07. The van der Waals surface area contributed by atoms with Crippen molar-refractivity contribution in [2.75, 3.05) is 0 Å². The molecule has 1 aromatic heterocycles. The normalized spacial score (nSPS) is 11.4. The van der Waals surface area contributed by atoms with Crippen molar-refractivity contribution in [3.8, 4) is 0 Å². The first kappa shape index (κ1) is 11.2. The summed E-state index contributed by atoms with van der Waals surface area (Å²) in [5.41, 5.74) is 3.27. The molecule has 0 spiro atoms. The smallest absolute Gasteiger partial charge is 0.188 e. The topological polar surface area (TPSA) is 32.9 Å². The van der Waals surface area contributed by atoms with Crippen LogP contribution in [0.3, 0.4) is 0 Å². The molecule has 1 N–H and O–H groups in total. The predicted octanol–water partition coefficient (Wildman–Crippen LogP) is 4.14. The van der Waals surface area contributed by atoms with Gasteiger partial charge in [-0.25, -0.2) is 0 Å². The molecule has 4 rings (SSSR count). The first-order valence-electron chi connectivity index (χ1n) is 6.69. The van der Waals surface area contributed by atoms with Gasteiger partial charge in [0.2, 0.25) is 0 Å². The van der Waals surface area contributed by atoms with Crippen LogP contribution in [0.25, 0.3) is 32.6 Å². The summed E-state index contributed by atoms with van der Waals surface area (Å²) in [5.74, 6) is 0. The largest absolute Gasteiger partial charge is 0.354 e. The molecule has 0 aliphatic heterocycles. The van der Waals surface area contributed by atoms with Crippen LogP contribution < -0.4 is 5.43 Å². The van der Waals surface area contributed by atoms with Crippen molar-refractivity contribution in [3.05, 3.63) is 70.4 Å². The average Bonchev–Trinajstić information content (AvgIpc) is 2.47. The maximum atomic E-state index is 12.2. The van der Waals surface area contributed by atoms with Crippen LogP contribution in [0.4, 0.5) is 0 Å². The minimum Gasteiger partial charge on any atom is -0.354 e. The fourth-order valence-corrected chi connectivity index (χ4v) is 2.99. The van der Waals surface area contributed by atoms with Gasteiger partial charge in [0.05, 0.1) is 10.9 Å². The number of aromatic nitrogens is 1. The number of benzene rings is 3. The third-order valence-corrected chi connectivity index (χ3v) is 4.00. The number of nitrogens with one attached hydrogen (secondary N) is 1. The van der Waals surface area contributed by atoms with E-state index in [2.05, 4.69) is 24.0 Å². The van der Waals surface area contributed by atoms with Crippen LogP contribution in [0.5, 0.6) is 0 Å². The Labute approximate surface area is 115 Å². The van der Waals surface area contributed by atoms with Crippen molar-refractivity contribution in [3.63, 3.8) is 0 Å². The third-order valence-electron chi connectivity index (χ3n) is 4.00. The zero-order valence-corrected chi connectivity index (χ0v) is 11.1. The number of aryl methyl sites for hydroxylation is 1. The minimum absolute atomic E-state index is 0.0685. The Morgan fingerprint density at radius 3 is 2.60 bits per heavy atom. The summed E-state index contributed by atoms with van der Waals surface area (Å²) in [6.45, 7) is 2.11. The summed E-state index contributed by atoms with van der Waals surface area (Å²) in [6, 6.07) is 17.7. The van der Waals surface area contributed by atoms with Crippen molar-refractivity contribution < 1.29 is 0 Å². The molecule has 4 aromatic rings. The molecule has 0 atom stereocenters. The number of rotatable bonds is 0. The van der Waals surface area contributed by atoms with Crippen LogP contribution in [0.15, 0.2) is 59.4 Å². The number of hydrogen-bond acceptors (Lipinski definition) is 1. The minimum atomic E-state index is 0.0685. The molecule has 0 radical (unpaired) electrons. The molecular formula is C18H13NO. The van der Waals surface area contributed by atoms with Crippen LogP contribution in [-0.4, -0.2) is 4.98 Å². The van der Waals surface area contributed by atoms with Gasteiger partial charge in [-0.3, -0.25) is 4.79 Å². The van der Waals surface area contributed by atoms with Gasteiger partial charge in [-0.05, 0) is 30.0 Å². The van der Waals surface area contributed by atoms with Gasteiger partial charge in [-0.1, -0.05) is 42.5 Å². The lowest BCUT2D eigenvalue weighted by Crippen LogP contribution is -2.00. The zero-order valence-electron chi connectivity index (χ0n) is 11.1. The first-order chi connectivity index (χ1) is 9.75. The summed E-state index contributed by atoms with van der Waals surface area (Å²) in [7, 11) is 0. The van der Waals surface area contributed by atoms with Crippen molar-refractivity contribution in [2.45, 2.75) is 6.92 Å². The van der Waals surface area contributed by atoms with Crippen molar-refractivity contribution in [2.24, 2.45) is 0 Å². The Morgan fingerprint density at radius 1 is 0.850 bits per heavy atom. The van der Waals surface area contributed by atoms with Gasteiger partial charge in [-0.15, -0.1) is 0 Å². The van der Waals surface area contributed by atoms with Gasteiger partial charge in [0.25, 0.3) is 0 Å². The zero-order chi connectivity index (χ0) is 13.7. The lowest BCUT2D eigenvalue weighted by atomic mass is 10.00. The molecule has 0 saturated carbocycles. The maximum absolute atomic E-state index is 12.2. The monoisotopic (exact) mass is 259 g/mol. The molecule has 2 heteroatoms. The Bertz CT molecular complexity index is 1030. The molecule has 0 unspecified atom stereocenters. The molecular weight excluding hydrogens is 246 g/mol. The number of aromatic amines is 1. The molecule has 0 aliphatic rings. The van der Waals surface area contributed by atoms with E-state index >= 15 is 0 Å². The third kappa shape index (κ3) is 1.42.